The second kappa shape index (κ2) is 11.0. The van der Waals surface area contributed by atoms with E-state index in [9.17, 15) is 29.7 Å². The molecule has 1 fully saturated rings. The zero-order valence-corrected chi connectivity index (χ0v) is 28.8. The van der Waals surface area contributed by atoms with Crippen LogP contribution >= 0.6 is 34.0 Å². The lowest BCUT2D eigenvalue weighted by Gasteiger charge is -2.35. The Balaban J connectivity index is 1.11. The summed E-state index contributed by atoms with van der Waals surface area (Å²) in [6.45, 7) is 14.8. The number of Topliss-reactive ketones (excluding diaryl/α,β-unsaturated/α-hetero) is 4. The molecule has 3 heterocycles. The normalized spacial score (nSPS) is 16.4. The molecule has 0 radical (unpaired) electrons. The molecule has 2 aromatic carbocycles. The van der Waals surface area contributed by atoms with Gasteiger partial charge in [-0.2, -0.15) is 10.5 Å². The molecule has 0 amide bonds. The van der Waals surface area contributed by atoms with Crippen LogP contribution in [-0.2, 0) is 5.41 Å². The van der Waals surface area contributed by atoms with Crippen LogP contribution in [0.5, 0.6) is 0 Å². The second-order valence-electron chi connectivity index (χ2n) is 12.9. The minimum Gasteiger partial charge on any atom is -0.288 e. The molecule has 0 N–H and O–H groups in total. The number of ketones is 4. The number of nitrogens with zero attached hydrogens (tertiary/aromatic N) is 4. The van der Waals surface area contributed by atoms with Crippen molar-refractivity contribution in [1.82, 2.24) is 0 Å². The molecular formula is C40H18N4O4S3. The summed E-state index contributed by atoms with van der Waals surface area (Å²) in [4.78, 5) is 64.1. The van der Waals surface area contributed by atoms with Crippen LogP contribution in [0.15, 0.2) is 47.5 Å². The van der Waals surface area contributed by atoms with E-state index in [0.29, 0.717) is 0 Å². The smallest absolute Gasteiger partial charge is 0.197 e. The van der Waals surface area contributed by atoms with Crippen LogP contribution in [0.3, 0.4) is 0 Å². The van der Waals surface area contributed by atoms with Crippen LogP contribution < -0.4 is 0 Å². The van der Waals surface area contributed by atoms with Gasteiger partial charge in [-0.05, 0) is 54.8 Å². The zero-order valence-electron chi connectivity index (χ0n) is 26.3. The minimum absolute atomic E-state index is 0.0208. The lowest BCUT2D eigenvalue weighted by Crippen LogP contribution is -2.27. The third-order valence-electron chi connectivity index (χ3n) is 10.3. The molecule has 4 aliphatic carbocycles. The van der Waals surface area contributed by atoms with Crippen molar-refractivity contribution in [3.05, 3.63) is 125 Å². The number of allylic oxidation sites excluding steroid dienone is 2. The highest BCUT2D eigenvalue weighted by atomic mass is 32.1. The number of fused-ring (bicyclic) bond motifs is 9. The van der Waals surface area contributed by atoms with Crippen LogP contribution in [0.25, 0.3) is 41.0 Å². The summed E-state index contributed by atoms with van der Waals surface area (Å²) in [5.74, 6) is -1.78. The van der Waals surface area contributed by atoms with E-state index < -0.39 is 23.1 Å². The van der Waals surface area contributed by atoms with Gasteiger partial charge in [0, 0.05) is 52.6 Å². The van der Waals surface area contributed by atoms with E-state index in [1.165, 1.54) is 40.3 Å². The Kier molecular flexibility index (Phi) is 6.65. The maximum Gasteiger partial charge on any atom is 0.197 e. The molecule has 9 rings (SSSR count). The SMILES string of the molecule is [C-]#[N+]c1cc2c(cc1[N+]#[C-])C(=O)C(=Cc1cc3c(s1)-c1sc4cc(C=C5C(=O)c6cc(C#N)c(C#N)cc6C5=O)sc4c1C31CCCCC1)C2=O. The fourth-order valence-corrected chi connectivity index (χ4v) is 12.2. The Bertz CT molecular complexity index is 2700. The molecule has 1 saturated carbocycles. The van der Waals surface area contributed by atoms with E-state index in [4.69, 9.17) is 13.1 Å². The number of hydrogen-bond donors (Lipinski definition) is 0. The van der Waals surface area contributed by atoms with Gasteiger partial charge in [0.15, 0.2) is 34.5 Å². The van der Waals surface area contributed by atoms with E-state index in [0.717, 1.165) is 56.1 Å². The first-order valence-corrected chi connectivity index (χ1v) is 18.4. The van der Waals surface area contributed by atoms with Gasteiger partial charge < -0.3 is 0 Å². The molecule has 0 bridgehead atoms. The monoisotopic (exact) mass is 714 g/mol. The third-order valence-corrected chi connectivity index (χ3v) is 13.9. The summed E-state index contributed by atoms with van der Waals surface area (Å²) in [6, 6.07) is 13.4. The van der Waals surface area contributed by atoms with Gasteiger partial charge in [-0.25, -0.2) is 0 Å². The van der Waals surface area contributed by atoms with Crippen molar-refractivity contribution < 1.29 is 19.2 Å². The van der Waals surface area contributed by atoms with Gasteiger partial charge in [0.05, 0.1) is 45.0 Å². The van der Waals surface area contributed by atoms with Crippen LogP contribution in [0.4, 0.5) is 11.4 Å². The van der Waals surface area contributed by atoms with Crippen LogP contribution in [0, 0.1) is 35.8 Å². The molecule has 0 saturated heterocycles. The molecule has 0 aliphatic heterocycles. The van der Waals surface area contributed by atoms with Crippen LogP contribution in [0.2, 0.25) is 0 Å². The predicted molar refractivity (Wildman–Crippen MR) is 195 cm³/mol. The number of benzene rings is 2. The second-order valence-corrected chi connectivity index (χ2v) is 16.1. The maximum atomic E-state index is 13.4. The summed E-state index contributed by atoms with van der Waals surface area (Å²) in [5, 5.41) is 18.9. The number of carbonyl (C=O) groups excluding carboxylic acids is 4. The van der Waals surface area contributed by atoms with E-state index in [1.807, 2.05) is 18.2 Å². The lowest BCUT2D eigenvalue weighted by molar-refractivity contribution is 0.0975. The number of thiophene rings is 3. The van der Waals surface area contributed by atoms with Gasteiger partial charge in [-0.3, -0.25) is 28.9 Å². The first-order chi connectivity index (χ1) is 24.7. The Labute approximate surface area is 302 Å². The molecular weight excluding hydrogens is 697 g/mol. The largest absolute Gasteiger partial charge is 0.288 e. The first kappa shape index (κ1) is 30.9. The zero-order chi connectivity index (χ0) is 35.3. The molecule has 11 heteroatoms. The predicted octanol–water partition coefficient (Wildman–Crippen LogP) is 10.0. The van der Waals surface area contributed by atoms with Crippen molar-refractivity contribution >= 4 is 90.1 Å². The lowest BCUT2D eigenvalue weighted by atomic mass is 9.68. The van der Waals surface area contributed by atoms with Crippen molar-refractivity contribution in [1.29, 1.82) is 10.5 Å². The molecule has 0 atom stereocenters. The van der Waals surface area contributed by atoms with Crippen molar-refractivity contribution in [2.75, 3.05) is 0 Å². The minimum atomic E-state index is -0.452. The Morgan fingerprint density at radius 1 is 0.647 bits per heavy atom. The topological polar surface area (TPSA) is 125 Å². The van der Waals surface area contributed by atoms with E-state index >= 15 is 0 Å². The Hall–Kier alpha value is -6.08. The van der Waals surface area contributed by atoms with Crippen molar-refractivity contribution in [2.24, 2.45) is 0 Å². The van der Waals surface area contributed by atoms with E-state index in [2.05, 4.69) is 15.8 Å². The summed E-state index contributed by atoms with van der Waals surface area (Å²) in [7, 11) is 0. The number of carbonyl (C=O) groups is 4. The van der Waals surface area contributed by atoms with Gasteiger partial charge >= 0.3 is 0 Å². The highest BCUT2D eigenvalue weighted by Crippen LogP contribution is 2.64. The number of rotatable bonds is 2. The molecule has 4 aliphatic rings. The van der Waals surface area contributed by atoms with E-state index in [1.54, 1.807) is 46.2 Å². The standard InChI is InChI=1S/C40H18N4O4S3/c1-43-29-14-24-25(15-30(29)44-2)36(48)26(35(24)47)10-20-12-28-37(49-20)39-32(40(28)6-4-3-5-7-40)38-31(51-39)13-21(50-38)11-27-33(45)22-8-18(16-41)19(17-42)9-23(22)34(27)46/h8-15H,3-7H2. The number of hydrogen-bond acceptors (Lipinski definition) is 9. The number of nitriles is 2. The fourth-order valence-electron chi connectivity index (χ4n) is 8.01. The van der Waals surface area contributed by atoms with Gasteiger partial charge in [-0.1, -0.05) is 31.4 Å². The Morgan fingerprint density at radius 2 is 1.16 bits per heavy atom. The summed E-state index contributed by atoms with van der Waals surface area (Å²) in [6.07, 6.45) is 8.44. The van der Waals surface area contributed by atoms with Crippen molar-refractivity contribution in [2.45, 2.75) is 37.5 Å². The summed E-state index contributed by atoms with van der Waals surface area (Å²) >= 11 is 4.78. The molecule has 51 heavy (non-hydrogen) atoms. The highest BCUT2D eigenvalue weighted by molar-refractivity contribution is 7.32. The molecule has 5 aromatic rings. The van der Waals surface area contributed by atoms with E-state index in [-0.39, 0.29) is 61.3 Å². The van der Waals surface area contributed by atoms with Crippen molar-refractivity contribution in [3.63, 3.8) is 0 Å². The maximum absolute atomic E-state index is 13.4. The molecule has 8 nitrogen and oxygen atoms in total. The molecule has 240 valence electrons. The fraction of sp³-hybridized carbons (Fsp3) is 0.150. The van der Waals surface area contributed by atoms with Gasteiger partial charge in [0.25, 0.3) is 0 Å². The molecule has 0 unspecified atom stereocenters. The molecule has 1 spiro atoms. The average molecular weight is 715 g/mol. The summed E-state index contributed by atoms with van der Waals surface area (Å²) in [5.41, 5.74) is 3.15. The van der Waals surface area contributed by atoms with Gasteiger partial charge in [0.2, 0.25) is 0 Å². The van der Waals surface area contributed by atoms with Crippen molar-refractivity contribution in [3.8, 4) is 21.9 Å². The average Bonchev–Trinajstić information content (AvgIpc) is 3.96. The van der Waals surface area contributed by atoms with Crippen LogP contribution in [0.1, 0.15) is 106 Å². The van der Waals surface area contributed by atoms with Crippen LogP contribution in [-0.4, -0.2) is 23.1 Å². The first-order valence-electron chi connectivity index (χ1n) is 16.0. The third kappa shape index (κ3) is 4.18. The van der Waals surface area contributed by atoms with Gasteiger partial charge in [-0.15, -0.1) is 34.0 Å². The summed E-state index contributed by atoms with van der Waals surface area (Å²) < 4.78 is 2.18. The highest BCUT2D eigenvalue weighted by Gasteiger charge is 2.48. The quantitative estimate of drug-likeness (QED) is 0.102. The van der Waals surface area contributed by atoms with Gasteiger partial charge in [0.1, 0.15) is 12.1 Å². The molecule has 3 aromatic heterocycles. The Morgan fingerprint density at radius 3 is 1.67 bits per heavy atom.